The molecular weight excluding hydrogens is 1110 g/mol. The summed E-state index contributed by atoms with van der Waals surface area (Å²) in [6, 6.07) is 51.2. The number of rotatable bonds is 6. The van der Waals surface area contributed by atoms with Gasteiger partial charge in [-0.15, -0.1) is 0 Å². The number of furan rings is 4. The Morgan fingerprint density at radius 3 is 1.48 bits per heavy atom. The molecule has 0 aliphatic rings. The van der Waals surface area contributed by atoms with E-state index in [2.05, 4.69) is 167 Å². The second-order valence-electron chi connectivity index (χ2n) is 23.6. The lowest BCUT2D eigenvalue weighted by atomic mass is 9.98. The average molecular weight is 1190 g/mol. The van der Waals surface area contributed by atoms with Crippen molar-refractivity contribution >= 4 is 87.9 Å². The molecule has 0 N–H and O–H groups in total. The van der Waals surface area contributed by atoms with Crippen molar-refractivity contribution in [2.24, 2.45) is 34.1 Å². The first-order valence-electron chi connectivity index (χ1n) is 31.3. The Balaban J connectivity index is 0.000000112. The van der Waals surface area contributed by atoms with E-state index in [1.165, 1.54) is 55.8 Å². The van der Waals surface area contributed by atoms with Crippen LogP contribution in [0.3, 0.4) is 0 Å². The topological polar surface area (TPSA) is 120 Å². The zero-order chi connectivity index (χ0) is 64.3. The molecule has 0 aliphatic heterocycles. The van der Waals surface area contributed by atoms with E-state index < -0.39 is 6.37 Å². The summed E-state index contributed by atoms with van der Waals surface area (Å²) in [6.07, 6.45) is 14.0. The van der Waals surface area contributed by atoms with Crippen LogP contribution in [0, 0.1) is 47.5 Å². The van der Waals surface area contributed by atoms with Crippen molar-refractivity contribution in [2.75, 3.05) is 0 Å². The molecule has 12 heterocycles. The first kappa shape index (κ1) is 55.8. The van der Waals surface area contributed by atoms with Crippen molar-refractivity contribution < 1.29 is 38.7 Å². The quantitative estimate of drug-likeness (QED) is 0.151. The fraction of sp³-hybridized carbons (Fsp3) is 0.179. The highest BCUT2D eigenvalue weighted by atomic mass is 16.3. The van der Waals surface area contributed by atoms with E-state index in [9.17, 15) is 0 Å². The van der Waals surface area contributed by atoms with Gasteiger partial charge in [-0.3, -0.25) is 15.0 Å². The van der Waals surface area contributed by atoms with Gasteiger partial charge in [-0.25, -0.2) is 23.3 Å². The van der Waals surface area contributed by atoms with E-state index >= 15 is 0 Å². The minimum Gasteiger partial charge on any atom is -0.456 e. The summed E-state index contributed by atoms with van der Waals surface area (Å²) in [5.41, 5.74) is 23.2. The molecule has 0 bridgehead atoms. The lowest BCUT2D eigenvalue weighted by molar-refractivity contribution is -0.660. The Hall–Kier alpha value is -10.7. The molecule has 4 aromatic carbocycles. The second-order valence-corrected chi connectivity index (χ2v) is 23.6. The Labute approximate surface area is 525 Å². The number of benzene rings is 4. The number of hydrogen-bond donors (Lipinski definition) is 0. The molecule has 16 rings (SSSR count). The van der Waals surface area contributed by atoms with Crippen molar-refractivity contribution in [3.05, 3.63) is 241 Å². The zero-order valence-corrected chi connectivity index (χ0v) is 52.8. The number of nitrogens with zero attached hydrogens (tertiary/aromatic N) is 8. The van der Waals surface area contributed by atoms with Crippen molar-refractivity contribution in [1.29, 1.82) is 0 Å². The smallest absolute Gasteiger partial charge is 0.227 e. The highest BCUT2D eigenvalue weighted by Gasteiger charge is 2.25. The number of pyridine rings is 8. The average Bonchev–Trinajstić information content (AvgIpc) is 1.64. The highest BCUT2D eigenvalue weighted by molar-refractivity contribution is 6.15. The molecule has 0 atom stereocenters. The molecule has 0 unspecified atom stereocenters. The van der Waals surface area contributed by atoms with Gasteiger partial charge in [0.25, 0.3) is 0 Å². The Bertz CT molecular complexity index is 5520. The van der Waals surface area contributed by atoms with Crippen molar-refractivity contribution in [2.45, 2.75) is 61.8 Å². The molecule has 16 aromatic rings. The fourth-order valence-electron chi connectivity index (χ4n) is 12.5. The third kappa shape index (κ3) is 10.9. The van der Waals surface area contributed by atoms with Crippen LogP contribution >= 0.6 is 0 Å². The lowest BCUT2D eigenvalue weighted by Gasteiger charge is -2.08. The van der Waals surface area contributed by atoms with Crippen LogP contribution in [0.5, 0.6) is 0 Å². The summed E-state index contributed by atoms with van der Waals surface area (Å²) in [6.45, 7) is 16.2. The molecule has 0 amide bonds. The van der Waals surface area contributed by atoms with E-state index in [4.69, 9.17) is 20.4 Å². The molecular formula is C78H72N8O4+4. The second kappa shape index (κ2) is 24.1. The van der Waals surface area contributed by atoms with E-state index in [0.717, 1.165) is 105 Å². The Kier molecular flexibility index (Phi) is 15.0. The van der Waals surface area contributed by atoms with Gasteiger partial charge in [-0.05, 0) is 137 Å². The molecule has 444 valence electrons. The first-order valence-corrected chi connectivity index (χ1v) is 30.3. The summed E-state index contributed by atoms with van der Waals surface area (Å²) in [5.74, 6) is -0.104. The van der Waals surface area contributed by atoms with Crippen LogP contribution < -0.4 is 18.3 Å². The summed E-state index contributed by atoms with van der Waals surface area (Å²) in [7, 11) is 8.16. The van der Waals surface area contributed by atoms with Gasteiger partial charge in [0.1, 0.15) is 56.1 Å². The summed E-state index contributed by atoms with van der Waals surface area (Å²) >= 11 is 0. The van der Waals surface area contributed by atoms with Gasteiger partial charge >= 0.3 is 0 Å². The maximum Gasteiger partial charge on any atom is 0.227 e. The monoisotopic (exact) mass is 1190 g/mol. The van der Waals surface area contributed by atoms with Gasteiger partial charge < -0.3 is 17.7 Å². The summed E-state index contributed by atoms with van der Waals surface area (Å²) in [5, 5.41) is 8.83. The number of aryl methyl sites for hydroxylation is 10. The Morgan fingerprint density at radius 1 is 0.389 bits per heavy atom. The zero-order valence-electron chi connectivity index (χ0n) is 54.8. The third-order valence-electron chi connectivity index (χ3n) is 16.7. The highest BCUT2D eigenvalue weighted by Crippen LogP contribution is 2.41. The molecule has 12 aromatic heterocycles. The van der Waals surface area contributed by atoms with E-state index in [0.29, 0.717) is 11.3 Å². The van der Waals surface area contributed by atoms with Crippen molar-refractivity contribution in [3.63, 3.8) is 0 Å². The van der Waals surface area contributed by atoms with Crippen molar-refractivity contribution in [3.8, 4) is 45.0 Å². The van der Waals surface area contributed by atoms with Crippen LogP contribution in [0.15, 0.2) is 219 Å². The maximum absolute atomic E-state index is 8.38. The molecule has 0 saturated heterocycles. The van der Waals surface area contributed by atoms with Crippen LogP contribution in [-0.2, 0) is 34.6 Å². The van der Waals surface area contributed by atoms with Gasteiger partial charge in [0.2, 0.25) is 28.5 Å². The van der Waals surface area contributed by atoms with Crippen LogP contribution in [0.25, 0.3) is 133 Å². The minimum absolute atomic E-state index is 0.104. The fourth-order valence-corrected chi connectivity index (χ4v) is 12.5. The van der Waals surface area contributed by atoms with Crippen LogP contribution in [0.4, 0.5) is 0 Å². The molecule has 12 nitrogen and oxygen atoms in total. The Morgan fingerprint density at radius 2 is 0.878 bits per heavy atom. The van der Waals surface area contributed by atoms with Gasteiger partial charge in [0, 0.05) is 124 Å². The maximum atomic E-state index is 8.38. The summed E-state index contributed by atoms with van der Waals surface area (Å²) in [4.78, 5) is 17.7. The van der Waals surface area contributed by atoms with Gasteiger partial charge in [-0.1, -0.05) is 50.2 Å². The largest absolute Gasteiger partial charge is 0.456 e. The molecule has 0 radical (unpaired) electrons. The van der Waals surface area contributed by atoms with E-state index in [1.807, 2.05) is 144 Å². The van der Waals surface area contributed by atoms with Crippen LogP contribution in [0.2, 0.25) is 0 Å². The molecule has 0 saturated carbocycles. The van der Waals surface area contributed by atoms with Gasteiger partial charge in [-0.2, -0.15) is 0 Å². The minimum atomic E-state index is -1.38. The van der Waals surface area contributed by atoms with Crippen LogP contribution in [0.1, 0.15) is 55.9 Å². The number of aromatic nitrogens is 8. The van der Waals surface area contributed by atoms with Gasteiger partial charge in [0.15, 0.2) is 36.0 Å². The predicted molar refractivity (Wildman–Crippen MR) is 359 cm³/mol. The van der Waals surface area contributed by atoms with E-state index in [-0.39, 0.29) is 5.92 Å². The van der Waals surface area contributed by atoms with Gasteiger partial charge in [0.05, 0.1) is 40.3 Å². The molecule has 90 heavy (non-hydrogen) atoms. The molecule has 0 aliphatic carbocycles. The predicted octanol–water partition coefficient (Wildman–Crippen LogP) is 16.9. The van der Waals surface area contributed by atoms with Crippen molar-refractivity contribution in [1.82, 2.24) is 19.9 Å². The number of hydrogen-bond acceptors (Lipinski definition) is 8. The number of fused-ring (bicyclic) bond motifs is 12. The molecule has 0 fully saturated rings. The number of para-hydroxylation sites is 1. The van der Waals surface area contributed by atoms with E-state index in [1.54, 1.807) is 12.4 Å². The normalized spacial score (nSPS) is 12.0. The SMILES string of the molecule is Cc1cc2c(cn1)oc1ccc(C)c(-c3cccc[n+]3C)c12.Cc1cc2oc3ccc(C)c(-c4cccc[n+]4C)c3c2cn1.Cc1ccc2oc3ncccc3c2c1-c1cccc[n+]1C.[2H]C([2H])(c1ccc(-c2c(C)ncc3oc4ccccc4c23)[n+](C)c1)C(C)C. The standard InChI is InChI=1S/C22H23N2O.2C19H17N2O.C18H15N2O/c1-14(2)11-16-9-10-18(24(4)13-16)21-15(3)23-12-20-22(21)17-7-5-6-8-19(17)25-20;1-12-7-8-16-19(14-11-20-13(2)10-17(14)22-16)18(12)15-6-4-5-9-21(15)3;1-12-7-8-16-19(14-10-13(2)20-11-17(14)22-16)18(12)15-6-4-5-9-21(15)3;1-12-8-9-15-17(13-6-5-10-19-18(13)21-15)16(12)14-7-3-4-11-20(14)2/h5-10,12-14H,11H2,1-4H3;2*4-11H,1-3H3;3-11H,1-2H3/q4*+1/i11D2;;;. The van der Waals surface area contributed by atoms with Crippen LogP contribution in [-0.4, -0.2) is 19.9 Å². The first-order chi connectivity index (χ1) is 44.4. The summed E-state index contributed by atoms with van der Waals surface area (Å²) < 4.78 is 49.1. The molecule has 12 heteroatoms. The third-order valence-corrected chi connectivity index (χ3v) is 16.7. The molecule has 0 spiro atoms. The lowest BCUT2D eigenvalue weighted by Crippen LogP contribution is -2.31.